The molecule has 1 aliphatic heterocycles. The van der Waals surface area contributed by atoms with Crippen LogP contribution in [0.5, 0.6) is 0 Å². The average Bonchev–Trinajstić information content (AvgIpc) is 2.87. The van der Waals surface area contributed by atoms with Gasteiger partial charge in [0, 0.05) is 21.2 Å². The van der Waals surface area contributed by atoms with Crippen molar-refractivity contribution in [1.82, 2.24) is 10.5 Å². The van der Waals surface area contributed by atoms with Crippen LogP contribution in [0.25, 0.3) is 11.1 Å². The van der Waals surface area contributed by atoms with Crippen molar-refractivity contribution >= 4 is 22.6 Å². The van der Waals surface area contributed by atoms with E-state index in [4.69, 9.17) is 4.52 Å². The molecule has 0 bridgehead atoms. The summed E-state index contributed by atoms with van der Waals surface area (Å²) >= 11 is 2.25. The van der Waals surface area contributed by atoms with Crippen LogP contribution in [-0.2, 0) is 13.0 Å². The number of hydrogen-bond donors (Lipinski definition) is 1. The van der Waals surface area contributed by atoms with Crippen LogP contribution >= 0.6 is 22.6 Å². The summed E-state index contributed by atoms with van der Waals surface area (Å²) in [5.74, 6) is -0.134. The van der Waals surface area contributed by atoms with Crippen molar-refractivity contribution in [3.05, 3.63) is 39.0 Å². The second-order valence-corrected chi connectivity index (χ2v) is 5.18. The third-order valence-corrected chi connectivity index (χ3v) is 3.98. The Balaban J connectivity index is 2.21. The van der Waals surface area contributed by atoms with E-state index in [1.807, 2.05) is 6.07 Å². The van der Waals surface area contributed by atoms with Gasteiger partial charge < -0.3 is 9.84 Å². The second kappa shape index (κ2) is 4.38. The predicted molar refractivity (Wildman–Crippen MR) is 70.0 cm³/mol. The fourth-order valence-electron chi connectivity index (χ4n) is 2.14. The zero-order valence-electron chi connectivity index (χ0n) is 8.96. The lowest BCUT2D eigenvalue weighted by atomic mass is 9.95. The van der Waals surface area contributed by atoms with E-state index in [2.05, 4.69) is 33.1 Å². The summed E-state index contributed by atoms with van der Waals surface area (Å²) in [5.41, 5.74) is 3.18. The van der Waals surface area contributed by atoms with Gasteiger partial charge in [-0.3, -0.25) is 0 Å². The highest BCUT2D eigenvalue weighted by molar-refractivity contribution is 14.1. The monoisotopic (exact) mass is 344 g/mol. The van der Waals surface area contributed by atoms with E-state index >= 15 is 0 Å². The molecule has 1 N–H and O–H groups in total. The Kier molecular flexibility index (Phi) is 2.87. The molecule has 17 heavy (non-hydrogen) atoms. The van der Waals surface area contributed by atoms with E-state index in [0.717, 1.165) is 34.2 Å². The average molecular weight is 344 g/mol. The molecule has 5 heteroatoms. The van der Waals surface area contributed by atoms with Crippen LogP contribution in [-0.4, -0.2) is 11.7 Å². The van der Waals surface area contributed by atoms with Crippen molar-refractivity contribution in [2.45, 2.75) is 13.0 Å². The van der Waals surface area contributed by atoms with Crippen LogP contribution in [0.1, 0.15) is 11.1 Å². The molecule has 0 amide bonds. The Morgan fingerprint density at radius 1 is 1.41 bits per heavy atom. The third-order valence-electron chi connectivity index (χ3n) is 3.02. The van der Waals surface area contributed by atoms with Gasteiger partial charge in [0.05, 0.1) is 6.20 Å². The Labute approximate surface area is 112 Å². The number of nitrogens with zero attached hydrogens (tertiary/aromatic N) is 1. The summed E-state index contributed by atoms with van der Waals surface area (Å²) in [5, 5.41) is 6.89. The number of fused-ring (bicyclic) bond motifs is 1. The van der Waals surface area contributed by atoms with Gasteiger partial charge in [-0.15, -0.1) is 0 Å². The van der Waals surface area contributed by atoms with Crippen LogP contribution in [0.3, 0.4) is 0 Å². The first-order chi connectivity index (χ1) is 8.27. The maximum Gasteiger partial charge on any atom is 0.134 e. The maximum absolute atomic E-state index is 14.4. The molecule has 0 atom stereocenters. The van der Waals surface area contributed by atoms with E-state index in [0.29, 0.717) is 11.1 Å². The summed E-state index contributed by atoms with van der Waals surface area (Å²) < 4.78 is 20.3. The van der Waals surface area contributed by atoms with Crippen molar-refractivity contribution in [2.75, 3.05) is 6.54 Å². The maximum atomic E-state index is 14.4. The molecule has 3 nitrogen and oxygen atoms in total. The van der Waals surface area contributed by atoms with Crippen LogP contribution in [0.2, 0.25) is 0 Å². The molecule has 88 valence electrons. The lowest BCUT2D eigenvalue weighted by Crippen LogP contribution is -2.25. The highest BCUT2D eigenvalue weighted by atomic mass is 127. The molecular weight excluding hydrogens is 334 g/mol. The van der Waals surface area contributed by atoms with E-state index in [1.54, 1.807) is 6.20 Å². The summed E-state index contributed by atoms with van der Waals surface area (Å²) in [6, 6.07) is 1.86. The van der Waals surface area contributed by atoms with Crippen molar-refractivity contribution in [1.29, 1.82) is 0 Å². The Morgan fingerprint density at radius 2 is 2.29 bits per heavy atom. The SMILES string of the molecule is Fc1c(-c2cnoc2)cc(I)c2c1CCNC2. The molecule has 1 aromatic carbocycles. The third kappa shape index (κ3) is 1.87. The van der Waals surface area contributed by atoms with E-state index in [1.165, 1.54) is 6.26 Å². The van der Waals surface area contributed by atoms with Crippen LogP contribution in [0, 0.1) is 9.39 Å². The number of hydrogen-bond acceptors (Lipinski definition) is 3. The smallest absolute Gasteiger partial charge is 0.134 e. The number of halogens is 2. The first-order valence-electron chi connectivity index (χ1n) is 5.37. The molecule has 0 radical (unpaired) electrons. The minimum atomic E-state index is -0.134. The van der Waals surface area contributed by atoms with Gasteiger partial charge in [0.1, 0.15) is 12.1 Å². The lowest BCUT2D eigenvalue weighted by Gasteiger charge is -2.20. The molecule has 0 saturated heterocycles. The quantitative estimate of drug-likeness (QED) is 0.809. The molecule has 0 saturated carbocycles. The predicted octanol–water partition coefficient (Wildman–Crippen LogP) is 2.73. The first-order valence-corrected chi connectivity index (χ1v) is 6.45. The summed E-state index contributed by atoms with van der Waals surface area (Å²) in [6.07, 6.45) is 3.75. The van der Waals surface area contributed by atoms with Crippen molar-refractivity contribution in [3.63, 3.8) is 0 Å². The normalized spacial score (nSPS) is 14.7. The van der Waals surface area contributed by atoms with Crippen LogP contribution in [0.4, 0.5) is 4.39 Å². The minimum Gasteiger partial charge on any atom is -0.364 e. The van der Waals surface area contributed by atoms with Crippen LogP contribution in [0.15, 0.2) is 23.0 Å². The molecule has 2 heterocycles. The highest BCUT2D eigenvalue weighted by Gasteiger charge is 2.20. The molecule has 2 aromatic rings. The molecule has 0 spiro atoms. The van der Waals surface area contributed by atoms with Gasteiger partial charge in [-0.05, 0) is 52.7 Å². The van der Waals surface area contributed by atoms with Crippen LogP contribution < -0.4 is 5.32 Å². The minimum absolute atomic E-state index is 0.134. The topological polar surface area (TPSA) is 38.1 Å². The number of nitrogens with one attached hydrogen (secondary N) is 1. The number of rotatable bonds is 1. The van der Waals surface area contributed by atoms with E-state index in [9.17, 15) is 4.39 Å². The fraction of sp³-hybridized carbons (Fsp3) is 0.250. The molecule has 0 aliphatic carbocycles. The van der Waals surface area contributed by atoms with Gasteiger partial charge in [-0.1, -0.05) is 5.16 Å². The molecule has 1 aliphatic rings. The Bertz CT molecular complexity index is 554. The van der Waals surface area contributed by atoms with Gasteiger partial charge in [0.2, 0.25) is 0 Å². The Hall–Kier alpha value is -0.950. The van der Waals surface area contributed by atoms with Crippen molar-refractivity contribution in [3.8, 4) is 11.1 Å². The van der Waals surface area contributed by atoms with Crippen molar-refractivity contribution in [2.24, 2.45) is 0 Å². The Morgan fingerprint density at radius 3 is 3.06 bits per heavy atom. The highest BCUT2D eigenvalue weighted by Crippen LogP contribution is 2.32. The molecule has 0 unspecified atom stereocenters. The zero-order chi connectivity index (χ0) is 11.8. The summed E-state index contributed by atoms with van der Waals surface area (Å²) in [4.78, 5) is 0. The summed E-state index contributed by atoms with van der Waals surface area (Å²) in [7, 11) is 0. The number of aromatic nitrogens is 1. The van der Waals surface area contributed by atoms with E-state index in [-0.39, 0.29) is 5.82 Å². The zero-order valence-corrected chi connectivity index (χ0v) is 11.1. The van der Waals surface area contributed by atoms with Gasteiger partial charge in [0.15, 0.2) is 0 Å². The molecule has 1 aromatic heterocycles. The van der Waals surface area contributed by atoms with Crippen molar-refractivity contribution < 1.29 is 8.91 Å². The molecular formula is C12H10FIN2O. The molecule has 0 fully saturated rings. The number of benzene rings is 1. The van der Waals surface area contributed by atoms with Gasteiger partial charge in [-0.2, -0.15) is 0 Å². The summed E-state index contributed by atoms with van der Waals surface area (Å²) in [6.45, 7) is 1.57. The molecule has 3 rings (SSSR count). The van der Waals surface area contributed by atoms with Gasteiger partial charge >= 0.3 is 0 Å². The van der Waals surface area contributed by atoms with Gasteiger partial charge in [-0.25, -0.2) is 4.39 Å². The van der Waals surface area contributed by atoms with Gasteiger partial charge in [0.25, 0.3) is 0 Å². The standard InChI is InChI=1S/C12H10FIN2O/c13-12-8-1-2-15-5-10(8)11(14)3-9(12)7-4-16-17-6-7/h3-4,6,15H,1-2,5H2. The van der Waals surface area contributed by atoms with E-state index < -0.39 is 0 Å². The second-order valence-electron chi connectivity index (χ2n) is 4.02. The lowest BCUT2D eigenvalue weighted by molar-refractivity contribution is 0.420. The largest absolute Gasteiger partial charge is 0.364 e. The first kappa shape index (κ1) is 11.2. The fourth-order valence-corrected chi connectivity index (χ4v) is 2.97.